The highest BCUT2D eigenvalue weighted by molar-refractivity contribution is 5.65. The van der Waals surface area contributed by atoms with Gasteiger partial charge < -0.3 is 10.5 Å². The monoisotopic (exact) mass is 259 g/mol. The highest BCUT2D eigenvalue weighted by Gasteiger charge is 2.21. The molecule has 0 aliphatic rings. The van der Waals surface area contributed by atoms with Crippen LogP contribution in [0.1, 0.15) is 22.8 Å². The number of hydrogen-bond donors (Lipinski definition) is 1. The number of halogens is 1. The summed E-state index contributed by atoms with van der Waals surface area (Å²) in [4.78, 5) is 11.0. The molecule has 2 aromatic rings. The van der Waals surface area contributed by atoms with Crippen molar-refractivity contribution in [1.82, 2.24) is 0 Å². The first kappa shape index (κ1) is 13.1. The van der Waals surface area contributed by atoms with Gasteiger partial charge in [0.2, 0.25) is 0 Å². The molecule has 0 aromatic heterocycles. The lowest BCUT2D eigenvalue weighted by Gasteiger charge is -2.18. The van der Waals surface area contributed by atoms with Gasteiger partial charge in [0.05, 0.1) is 0 Å². The van der Waals surface area contributed by atoms with Gasteiger partial charge in [-0.15, -0.1) is 0 Å². The van der Waals surface area contributed by atoms with Crippen LogP contribution in [0.3, 0.4) is 0 Å². The third kappa shape index (κ3) is 3.10. The summed E-state index contributed by atoms with van der Waals surface area (Å²) in [5.74, 6) is -0.430. The number of aryl methyl sites for hydroxylation is 1. The number of hydrogen-bond acceptors (Lipinski definition) is 2. The van der Waals surface area contributed by atoms with Gasteiger partial charge in [-0.3, -0.25) is 0 Å². The molecule has 0 fully saturated rings. The fourth-order valence-corrected chi connectivity index (χ4v) is 1.92. The zero-order valence-electron chi connectivity index (χ0n) is 10.5. The first-order valence-corrected chi connectivity index (χ1v) is 5.85. The molecule has 1 amide bonds. The molecule has 1 unspecified atom stereocenters. The number of benzene rings is 2. The second-order valence-corrected chi connectivity index (χ2v) is 4.25. The Morgan fingerprint density at radius 3 is 2.53 bits per heavy atom. The van der Waals surface area contributed by atoms with Crippen LogP contribution in [0.2, 0.25) is 0 Å². The van der Waals surface area contributed by atoms with E-state index < -0.39 is 18.0 Å². The fraction of sp³-hybridized carbons (Fsp3) is 0.133. The number of carbonyl (C=O) groups is 1. The second kappa shape index (κ2) is 5.52. The van der Waals surface area contributed by atoms with E-state index in [9.17, 15) is 9.18 Å². The fourth-order valence-electron chi connectivity index (χ4n) is 1.92. The van der Waals surface area contributed by atoms with Crippen molar-refractivity contribution in [2.45, 2.75) is 13.0 Å². The molecule has 0 bridgehead atoms. The molecule has 0 heterocycles. The molecule has 0 aliphatic carbocycles. The summed E-state index contributed by atoms with van der Waals surface area (Å²) in [6.07, 6.45) is -1.77. The zero-order valence-corrected chi connectivity index (χ0v) is 10.5. The maximum absolute atomic E-state index is 13.9. The average molecular weight is 259 g/mol. The maximum atomic E-state index is 13.9. The van der Waals surface area contributed by atoms with Gasteiger partial charge in [-0.05, 0) is 24.6 Å². The molecule has 0 spiro atoms. The number of nitrogens with two attached hydrogens (primary N) is 1. The highest BCUT2D eigenvalue weighted by Crippen LogP contribution is 2.28. The SMILES string of the molecule is Cc1ccc(F)c(C(OC(N)=O)c2ccccc2)c1. The molecule has 98 valence electrons. The number of amides is 1. The van der Waals surface area contributed by atoms with Gasteiger partial charge in [0.15, 0.2) is 6.10 Å². The van der Waals surface area contributed by atoms with Crippen LogP contribution >= 0.6 is 0 Å². The van der Waals surface area contributed by atoms with E-state index in [0.717, 1.165) is 5.56 Å². The van der Waals surface area contributed by atoms with Crippen LogP contribution in [0, 0.1) is 12.7 Å². The maximum Gasteiger partial charge on any atom is 0.405 e. The van der Waals surface area contributed by atoms with Gasteiger partial charge >= 0.3 is 6.09 Å². The summed E-state index contributed by atoms with van der Waals surface area (Å²) < 4.78 is 19.0. The minimum absolute atomic E-state index is 0.296. The minimum atomic E-state index is -0.935. The van der Waals surface area contributed by atoms with E-state index in [1.807, 2.05) is 13.0 Å². The summed E-state index contributed by atoms with van der Waals surface area (Å²) in [7, 11) is 0. The van der Waals surface area contributed by atoms with E-state index in [-0.39, 0.29) is 0 Å². The third-order valence-electron chi connectivity index (χ3n) is 2.77. The molecular weight excluding hydrogens is 245 g/mol. The van der Waals surface area contributed by atoms with Crippen LogP contribution in [-0.2, 0) is 4.74 Å². The molecule has 0 saturated heterocycles. The standard InChI is InChI=1S/C15H14FNO2/c1-10-7-8-13(16)12(9-10)14(19-15(17)18)11-5-3-2-4-6-11/h2-9,14H,1H3,(H2,17,18). The van der Waals surface area contributed by atoms with Crippen molar-refractivity contribution in [3.63, 3.8) is 0 Å². The Kier molecular flexibility index (Phi) is 3.80. The number of ether oxygens (including phenoxy) is 1. The summed E-state index contributed by atoms with van der Waals surface area (Å²) in [6.45, 7) is 1.84. The van der Waals surface area contributed by atoms with Crippen molar-refractivity contribution in [2.75, 3.05) is 0 Å². The lowest BCUT2D eigenvalue weighted by molar-refractivity contribution is 0.124. The van der Waals surface area contributed by atoms with Gasteiger partial charge in [-0.25, -0.2) is 9.18 Å². The first-order chi connectivity index (χ1) is 9.08. The Balaban J connectivity index is 2.48. The van der Waals surface area contributed by atoms with Gasteiger partial charge in [0, 0.05) is 5.56 Å². The number of rotatable bonds is 3. The van der Waals surface area contributed by atoms with Crippen molar-refractivity contribution in [1.29, 1.82) is 0 Å². The Bertz CT molecular complexity index is 584. The van der Waals surface area contributed by atoms with Crippen molar-refractivity contribution < 1.29 is 13.9 Å². The lowest BCUT2D eigenvalue weighted by Crippen LogP contribution is -2.19. The largest absolute Gasteiger partial charge is 0.436 e. The van der Waals surface area contributed by atoms with E-state index in [1.54, 1.807) is 36.4 Å². The first-order valence-electron chi connectivity index (χ1n) is 5.85. The third-order valence-corrected chi connectivity index (χ3v) is 2.77. The quantitative estimate of drug-likeness (QED) is 0.919. The predicted molar refractivity (Wildman–Crippen MR) is 70.1 cm³/mol. The lowest BCUT2D eigenvalue weighted by atomic mass is 9.99. The molecule has 2 rings (SSSR count). The van der Waals surface area contributed by atoms with Gasteiger partial charge in [-0.1, -0.05) is 42.0 Å². The van der Waals surface area contributed by atoms with Crippen LogP contribution in [0.25, 0.3) is 0 Å². The van der Waals surface area contributed by atoms with Gasteiger partial charge in [0.1, 0.15) is 5.82 Å². The van der Waals surface area contributed by atoms with E-state index in [0.29, 0.717) is 11.1 Å². The van der Waals surface area contributed by atoms with Crippen LogP contribution in [0.15, 0.2) is 48.5 Å². The summed E-state index contributed by atoms with van der Waals surface area (Å²) in [5, 5.41) is 0. The van der Waals surface area contributed by atoms with Crippen molar-refractivity contribution in [3.8, 4) is 0 Å². The Labute approximate surface area is 110 Å². The predicted octanol–water partition coefficient (Wildman–Crippen LogP) is 3.32. The van der Waals surface area contributed by atoms with Crippen LogP contribution < -0.4 is 5.73 Å². The normalized spacial score (nSPS) is 11.9. The zero-order chi connectivity index (χ0) is 13.8. The van der Waals surface area contributed by atoms with Gasteiger partial charge in [0.25, 0.3) is 0 Å². The summed E-state index contributed by atoms with van der Waals surface area (Å²) in [5.41, 5.74) is 6.92. The highest BCUT2D eigenvalue weighted by atomic mass is 19.1. The molecule has 4 heteroatoms. The van der Waals surface area contributed by atoms with Crippen LogP contribution in [0.5, 0.6) is 0 Å². The number of primary amides is 1. The molecular formula is C15H14FNO2. The van der Waals surface area contributed by atoms with Crippen molar-refractivity contribution in [2.24, 2.45) is 5.73 Å². The molecule has 19 heavy (non-hydrogen) atoms. The number of carbonyl (C=O) groups excluding carboxylic acids is 1. The van der Waals surface area contributed by atoms with Crippen LogP contribution in [-0.4, -0.2) is 6.09 Å². The molecule has 2 N–H and O–H groups in total. The van der Waals surface area contributed by atoms with Gasteiger partial charge in [-0.2, -0.15) is 0 Å². The topological polar surface area (TPSA) is 52.3 Å². The molecule has 2 aromatic carbocycles. The minimum Gasteiger partial charge on any atom is -0.436 e. The summed E-state index contributed by atoms with van der Waals surface area (Å²) in [6, 6.07) is 13.6. The molecule has 0 radical (unpaired) electrons. The van der Waals surface area contributed by atoms with E-state index in [2.05, 4.69) is 0 Å². The summed E-state index contributed by atoms with van der Waals surface area (Å²) >= 11 is 0. The van der Waals surface area contributed by atoms with E-state index in [1.165, 1.54) is 6.07 Å². The molecule has 0 saturated carbocycles. The Morgan fingerprint density at radius 2 is 1.89 bits per heavy atom. The van der Waals surface area contributed by atoms with E-state index in [4.69, 9.17) is 10.5 Å². The Morgan fingerprint density at radius 1 is 1.21 bits per heavy atom. The van der Waals surface area contributed by atoms with Crippen molar-refractivity contribution in [3.05, 3.63) is 71.0 Å². The van der Waals surface area contributed by atoms with Crippen LogP contribution in [0.4, 0.5) is 9.18 Å². The smallest absolute Gasteiger partial charge is 0.405 e. The van der Waals surface area contributed by atoms with Crippen molar-refractivity contribution >= 4 is 6.09 Å². The second-order valence-electron chi connectivity index (χ2n) is 4.25. The molecule has 3 nitrogen and oxygen atoms in total. The average Bonchev–Trinajstić information content (AvgIpc) is 2.40. The van der Waals surface area contributed by atoms with E-state index >= 15 is 0 Å². The molecule has 0 aliphatic heterocycles. The Hall–Kier alpha value is -2.36. The molecule has 1 atom stereocenters.